The number of halogens is 1. The second-order valence-corrected chi connectivity index (χ2v) is 4.83. The van der Waals surface area contributed by atoms with E-state index >= 15 is 0 Å². The Morgan fingerprint density at radius 2 is 2.25 bits per heavy atom. The van der Waals surface area contributed by atoms with Crippen molar-refractivity contribution in [1.82, 2.24) is 5.32 Å². The normalized spacial score (nSPS) is 15.9. The summed E-state index contributed by atoms with van der Waals surface area (Å²) in [6, 6.07) is 5.82. The van der Waals surface area contributed by atoms with Gasteiger partial charge >= 0.3 is 0 Å². The van der Waals surface area contributed by atoms with E-state index in [-0.39, 0.29) is 0 Å². The molecule has 0 spiro atoms. The van der Waals surface area contributed by atoms with Gasteiger partial charge in [0.2, 0.25) is 0 Å². The highest BCUT2D eigenvalue weighted by molar-refractivity contribution is 6.30. The predicted octanol–water partition coefficient (Wildman–Crippen LogP) is 3.24. The molecule has 0 aliphatic heterocycles. The molecule has 0 saturated heterocycles. The third-order valence-corrected chi connectivity index (χ3v) is 3.32. The van der Waals surface area contributed by atoms with Gasteiger partial charge in [0.25, 0.3) is 0 Å². The Hall–Kier alpha value is -0.730. The van der Waals surface area contributed by atoms with Crippen LogP contribution in [0.4, 0.5) is 0 Å². The number of hydrogen-bond donors (Lipinski definition) is 1. The van der Waals surface area contributed by atoms with E-state index in [9.17, 15) is 0 Å². The molecule has 16 heavy (non-hydrogen) atoms. The van der Waals surface area contributed by atoms with Gasteiger partial charge in [-0.2, -0.15) is 0 Å². The molecule has 0 radical (unpaired) electrons. The van der Waals surface area contributed by atoms with Crippen LogP contribution in [0.2, 0.25) is 5.02 Å². The summed E-state index contributed by atoms with van der Waals surface area (Å²) >= 11 is 5.97. The van der Waals surface area contributed by atoms with E-state index in [0.29, 0.717) is 0 Å². The summed E-state index contributed by atoms with van der Waals surface area (Å²) in [7, 11) is 1.93. The molecule has 1 aromatic carbocycles. The van der Waals surface area contributed by atoms with Crippen LogP contribution < -0.4 is 10.1 Å². The molecular formula is C13H18ClNO. The standard InChI is InChI=1S/C13H18ClNO/c1-15-8-11-7-12(14)5-6-13(11)16-9-10-3-2-4-10/h5-7,10,15H,2-4,8-9H2,1H3. The van der Waals surface area contributed by atoms with Crippen molar-refractivity contribution in [3.8, 4) is 5.75 Å². The van der Waals surface area contributed by atoms with E-state index in [1.165, 1.54) is 19.3 Å². The van der Waals surface area contributed by atoms with Crippen LogP contribution in [0.3, 0.4) is 0 Å². The quantitative estimate of drug-likeness (QED) is 0.852. The average Bonchev–Trinajstić information content (AvgIpc) is 2.19. The topological polar surface area (TPSA) is 21.3 Å². The van der Waals surface area contributed by atoms with Gasteiger partial charge in [-0.25, -0.2) is 0 Å². The Labute approximate surface area is 102 Å². The highest BCUT2D eigenvalue weighted by atomic mass is 35.5. The maximum Gasteiger partial charge on any atom is 0.123 e. The minimum Gasteiger partial charge on any atom is -0.493 e. The molecule has 1 fully saturated rings. The first-order valence-corrected chi connectivity index (χ1v) is 6.23. The Morgan fingerprint density at radius 3 is 2.88 bits per heavy atom. The van der Waals surface area contributed by atoms with Gasteiger partial charge in [0.1, 0.15) is 5.75 Å². The summed E-state index contributed by atoms with van der Waals surface area (Å²) in [5.41, 5.74) is 1.13. The van der Waals surface area contributed by atoms with E-state index in [0.717, 1.165) is 35.4 Å². The van der Waals surface area contributed by atoms with Crippen LogP contribution in [-0.4, -0.2) is 13.7 Å². The van der Waals surface area contributed by atoms with Crippen molar-refractivity contribution in [3.05, 3.63) is 28.8 Å². The van der Waals surface area contributed by atoms with Gasteiger partial charge in [0, 0.05) is 17.1 Å². The summed E-state index contributed by atoms with van der Waals surface area (Å²) < 4.78 is 5.85. The van der Waals surface area contributed by atoms with Crippen LogP contribution >= 0.6 is 11.6 Å². The molecule has 0 atom stereocenters. The zero-order valence-corrected chi connectivity index (χ0v) is 10.4. The highest BCUT2D eigenvalue weighted by Gasteiger charge is 2.18. The summed E-state index contributed by atoms with van der Waals surface area (Å²) in [6.07, 6.45) is 3.99. The molecular weight excluding hydrogens is 222 g/mol. The molecule has 1 aromatic rings. The van der Waals surface area contributed by atoms with Gasteiger partial charge < -0.3 is 10.1 Å². The van der Waals surface area contributed by atoms with E-state index in [2.05, 4.69) is 5.32 Å². The van der Waals surface area contributed by atoms with E-state index in [1.807, 2.05) is 25.2 Å². The highest BCUT2D eigenvalue weighted by Crippen LogP contribution is 2.29. The average molecular weight is 240 g/mol. The van der Waals surface area contributed by atoms with Crippen molar-refractivity contribution < 1.29 is 4.74 Å². The predicted molar refractivity (Wildman–Crippen MR) is 67.1 cm³/mol. The minimum absolute atomic E-state index is 0.762. The minimum atomic E-state index is 0.762. The lowest BCUT2D eigenvalue weighted by Crippen LogP contribution is -2.20. The maximum atomic E-state index is 5.97. The number of benzene rings is 1. The third-order valence-electron chi connectivity index (χ3n) is 3.09. The van der Waals surface area contributed by atoms with Crippen LogP contribution in [0.15, 0.2) is 18.2 Å². The molecule has 1 aliphatic carbocycles. The lowest BCUT2D eigenvalue weighted by atomic mass is 9.86. The van der Waals surface area contributed by atoms with Gasteiger partial charge in [-0.3, -0.25) is 0 Å². The van der Waals surface area contributed by atoms with Crippen LogP contribution in [0.25, 0.3) is 0 Å². The zero-order chi connectivity index (χ0) is 11.4. The lowest BCUT2D eigenvalue weighted by Gasteiger charge is -2.25. The molecule has 2 nitrogen and oxygen atoms in total. The molecule has 2 rings (SSSR count). The van der Waals surface area contributed by atoms with Crippen LogP contribution in [0.1, 0.15) is 24.8 Å². The maximum absolute atomic E-state index is 5.97. The van der Waals surface area contributed by atoms with Gasteiger partial charge in [0.05, 0.1) is 6.61 Å². The number of nitrogens with one attached hydrogen (secondary N) is 1. The van der Waals surface area contributed by atoms with Crippen LogP contribution in [0.5, 0.6) is 5.75 Å². The molecule has 1 aliphatic rings. The Kier molecular flexibility index (Phi) is 4.08. The largest absolute Gasteiger partial charge is 0.493 e. The van der Waals surface area contributed by atoms with Crippen molar-refractivity contribution in [2.24, 2.45) is 5.92 Å². The smallest absolute Gasteiger partial charge is 0.123 e. The second kappa shape index (κ2) is 5.55. The fourth-order valence-electron chi connectivity index (χ4n) is 1.88. The summed E-state index contributed by atoms with van der Waals surface area (Å²) in [6.45, 7) is 1.64. The third kappa shape index (κ3) is 2.89. The number of hydrogen-bond acceptors (Lipinski definition) is 2. The van der Waals surface area contributed by atoms with Gasteiger partial charge in [-0.15, -0.1) is 0 Å². The lowest BCUT2D eigenvalue weighted by molar-refractivity contribution is 0.179. The molecule has 0 heterocycles. The van der Waals surface area contributed by atoms with Gasteiger partial charge in [-0.1, -0.05) is 18.0 Å². The van der Waals surface area contributed by atoms with Crippen LogP contribution in [0, 0.1) is 5.92 Å². The Balaban J connectivity index is 1.99. The van der Waals surface area contributed by atoms with E-state index in [4.69, 9.17) is 16.3 Å². The Morgan fingerprint density at radius 1 is 1.44 bits per heavy atom. The van der Waals surface area contributed by atoms with Gasteiger partial charge in [-0.05, 0) is 44.0 Å². The van der Waals surface area contributed by atoms with Crippen molar-refractivity contribution in [2.45, 2.75) is 25.8 Å². The summed E-state index contributed by atoms with van der Waals surface area (Å²) in [5, 5.41) is 3.89. The number of rotatable bonds is 5. The molecule has 1 N–H and O–H groups in total. The second-order valence-electron chi connectivity index (χ2n) is 4.39. The van der Waals surface area contributed by atoms with Crippen molar-refractivity contribution in [1.29, 1.82) is 0 Å². The van der Waals surface area contributed by atoms with E-state index < -0.39 is 0 Å². The first kappa shape index (κ1) is 11.7. The molecule has 88 valence electrons. The molecule has 1 saturated carbocycles. The van der Waals surface area contributed by atoms with Crippen molar-refractivity contribution >= 4 is 11.6 Å². The Bertz CT molecular complexity index is 350. The monoisotopic (exact) mass is 239 g/mol. The molecule has 3 heteroatoms. The molecule has 0 unspecified atom stereocenters. The first-order valence-electron chi connectivity index (χ1n) is 5.85. The molecule has 0 aromatic heterocycles. The van der Waals surface area contributed by atoms with Crippen molar-refractivity contribution in [3.63, 3.8) is 0 Å². The zero-order valence-electron chi connectivity index (χ0n) is 9.63. The molecule has 0 bridgehead atoms. The van der Waals surface area contributed by atoms with Crippen molar-refractivity contribution in [2.75, 3.05) is 13.7 Å². The van der Waals surface area contributed by atoms with Gasteiger partial charge in [0.15, 0.2) is 0 Å². The van der Waals surface area contributed by atoms with E-state index in [1.54, 1.807) is 0 Å². The first-order chi connectivity index (χ1) is 7.79. The number of ether oxygens (including phenoxy) is 1. The van der Waals surface area contributed by atoms with Crippen LogP contribution in [-0.2, 0) is 6.54 Å². The summed E-state index contributed by atoms with van der Waals surface area (Å²) in [5.74, 6) is 1.73. The SMILES string of the molecule is CNCc1cc(Cl)ccc1OCC1CCC1. The summed E-state index contributed by atoms with van der Waals surface area (Å²) in [4.78, 5) is 0. The fourth-order valence-corrected chi connectivity index (χ4v) is 2.08. The molecule has 0 amide bonds. The fraction of sp³-hybridized carbons (Fsp3) is 0.538.